The number of carboxylic acid groups (broad SMARTS) is 1. The summed E-state index contributed by atoms with van der Waals surface area (Å²) in [4.78, 5) is 23.6. The van der Waals surface area contributed by atoms with Crippen molar-refractivity contribution in [3.8, 4) is 5.75 Å². The normalized spacial score (nSPS) is 13.6. The number of carboxylic acids is 1. The lowest BCUT2D eigenvalue weighted by molar-refractivity contribution is -0.143. The Hall–Kier alpha value is -2.27. The van der Waals surface area contributed by atoms with Gasteiger partial charge in [-0.05, 0) is 19.4 Å². The number of aliphatic carboxylic acids is 1. The summed E-state index contributed by atoms with van der Waals surface area (Å²) in [5.41, 5.74) is -1.47. The summed E-state index contributed by atoms with van der Waals surface area (Å²) in [6.07, 6.45) is 0.205. The third kappa shape index (κ3) is 2.72. The van der Waals surface area contributed by atoms with Gasteiger partial charge in [0.2, 0.25) is 0 Å². The van der Waals surface area contributed by atoms with Crippen LogP contribution in [0.4, 0.5) is 0 Å². The highest BCUT2D eigenvalue weighted by Crippen LogP contribution is 2.34. The van der Waals surface area contributed by atoms with Crippen molar-refractivity contribution in [1.29, 1.82) is 0 Å². The van der Waals surface area contributed by atoms with Gasteiger partial charge in [-0.3, -0.25) is 4.79 Å². The molecule has 1 unspecified atom stereocenters. The Bertz CT molecular complexity index is 759. The molecule has 116 valence electrons. The number of hydrogen-bond acceptors (Lipinski definition) is 3. The number of carbonyl (C=O) groups is 2. The van der Waals surface area contributed by atoms with E-state index < -0.39 is 17.4 Å². The second kappa shape index (κ2) is 5.85. The second-order valence-corrected chi connectivity index (χ2v) is 5.65. The molecule has 2 aromatic rings. The van der Waals surface area contributed by atoms with E-state index in [9.17, 15) is 19.8 Å². The summed E-state index contributed by atoms with van der Waals surface area (Å²) in [7, 11) is 0. The molecule has 0 aromatic heterocycles. The van der Waals surface area contributed by atoms with Crippen molar-refractivity contribution in [2.45, 2.75) is 25.8 Å². The summed E-state index contributed by atoms with van der Waals surface area (Å²) in [6.45, 7) is 3.06. The predicted molar refractivity (Wildman–Crippen MR) is 84.4 cm³/mol. The molecule has 0 aliphatic rings. The van der Waals surface area contributed by atoms with Crippen LogP contribution < -0.4 is 5.32 Å². The van der Waals surface area contributed by atoms with E-state index in [-0.39, 0.29) is 17.7 Å². The maximum Gasteiger partial charge on any atom is 0.329 e. The summed E-state index contributed by atoms with van der Waals surface area (Å²) in [6, 6.07) is 8.20. The molecular formula is C16H16ClNO4. The van der Waals surface area contributed by atoms with E-state index in [1.165, 1.54) is 13.0 Å². The third-order valence-corrected chi connectivity index (χ3v) is 4.09. The van der Waals surface area contributed by atoms with Gasteiger partial charge in [0.1, 0.15) is 11.3 Å². The molecule has 0 fully saturated rings. The summed E-state index contributed by atoms with van der Waals surface area (Å²) in [5.74, 6) is -2.05. The van der Waals surface area contributed by atoms with E-state index in [0.717, 1.165) is 0 Å². The number of aromatic hydroxyl groups is 1. The average molecular weight is 322 g/mol. The lowest BCUT2D eigenvalue weighted by atomic mass is 9.97. The van der Waals surface area contributed by atoms with Gasteiger partial charge in [-0.1, -0.05) is 42.8 Å². The molecule has 2 rings (SSSR count). The van der Waals surface area contributed by atoms with E-state index in [0.29, 0.717) is 15.8 Å². The van der Waals surface area contributed by atoms with Gasteiger partial charge in [-0.15, -0.1) is 0 Å². The van der Waals surface area contributed by atoms with Crippen molar-refractivity contribution < 1.29 is 19.8 Å². The summed E-state index contributed by atoms with van der Waals surface area (Å²) < 4.78 is 0. The highest BCUT2D eigenvalue weighted by Gasteiger charge is 2.34. The number of amides is 1. The van der Waals surface area contributed by atoms with Gasteiger partial charge in [-0.2, -0.15) is 0 Å². The summed E-state index contributed by atoms with van der Waals surface area (Å²) >= 11 is 6.14. The van der Waals surface area contributed by atoms with Crippen LogP contribution in [0.3, 0.4) is 0 Å². The molecule has 0 bridgehead atoms. The van der Waals surface area contributed by atoms with Crippen molar-refractivity contribution in [3.63, 3.8) is 0 Å². The maximum atomic E-state index is 12.3. The monoisotopic (exact) mass is 321 g/mol. The quantitative estimate of drug-likeness (QED) is 0.807. The van der Waals surface area contributed by atoms with Crippen LogP contribution in [0, 0.1) is 0 Å². The first-order valence-corrected chi connectivity index (χ1v) is 7.14. The SMILES string of the molecule is CCC(C)(NC(=O)c1cc(Cl)c2ccccc2c1O)C(=O)O. The van der Waals surface area contributed by atoms with Crippen LogP contribution in [-0.2, 0) is 4.79 Å². The molecule has 0 saturated heterocycles. The zero-order chi connectivity index (χ0) is 16.5. The van der Waals surface area contributed by atoms with Gasteiger partial charge in [0, 0.05) is 15.8 Å². The second-order valence-electron chi connectivity index (χ2n) is 5.25. The Morgan fingerprint density at radius 3 is 2.41 bits per heavy atom. The van der Waals surface area contributed by atoms with E-state index >= 15 is 0 Å². The number of rotatable bonds is 4. The van der Waals surface area contributed by atoms with Crippen LogP contribution in [-0.4, -0.2) is 27.6 Å². The van der Waals surface area contributed by atoms with Crippen LogP contribution in [0.5, 0.6) is 5.75 Å². The molecule has 1 atom stereocenters. The topological polar surface area (TPSA) is 86.6 Å². The molecule has 22 heavy (non-hydrogen) atoms. The number of halogens is 1. The van der Waals surface area contributed by atoms with Crippen LogP contribution >= 0.6 is 11.6 Å². The molecule has 0 spiro atoms. The van der Waals surface area contributed by atoms with Crippen LogP contribution in [0.1, 0.15) is 30.6 Å². The fraction of sp³-hybridized carbons (Fsp3) is 0.250. The Balaban J connectivity index is 2.49. The number of benzene rings is 2. The molecule has 6 heteroatoms. The molecule has 1 amide bonds. The van der Waals surface area contributed by atoms with Crippen molar-refractivity contribution in [3.05, 3.63) is 40.9 Å². The number of carbonyl (C=O) groups excluding carboxylic acids is 1. The lowest BCUT2D eigenvalue weighted by Crippen LogP contribution is -2.51. The van der Waals surface area contributed by atoms with Crippen molar-refractivity contribution in [1.82, 2.24) is 5.32 Å². The van der Waals surface area contributed by atoms with E-state index in [1.807, 2.05) is 0 Å². The highest BCUT2D eigenvalue weighted by atomic mass is 35.5. The first-order valence-electron chi connectivity index (χ1n) is 6.76. The number of nitrogens with one attached hydrogen (secondary N) is 1. The Morgan fingerprint density at radius 1 is 1.27 bits per heavy atom. The summed E-state index contributed by atoms with van der Waals surface area (Å²) in [5, 5.41) is 23.3. The minimum Gasteiger partial charge on any atom is -0.506 e. The molecule has 0 heterocycles. The Morgan fingerprint density at radius 2 is 1.86 bits per heavy atom. The highest BCUT2D eigenvalue weighted by molar-refractivity contribution is 6.36. The van der Waals surface area contributed by atoms with E-state index in [2.05, 4.69) is 5.32 Å². The van der Waals surface area contributed by atoms with Gasteiger partial charge < -0.3 is 15.5 Å². The van der Waals surface area contributed by atoms with Gasteiger partial charge in [-0.25, -0.2) is 4.79 Å². The molecular weight excluding hydrogens is 306 g/mol. The average Bonchev–Trinajstić information content (AvgIpc) is 2.50. The number of phenolic OH excluding ortho intramolecular Hbond substituents is 1. The van der Waals surface area contributed by atoms with Crippen LogP contribution in [0.2, 0.25) is 5.02 Å². The Labute approximate surface area is 132 Å². The molecule has 0 aliphatic heterocycles. The standard InChI is InChI=1S/C16H16ClNO4/c1-3-16(2,15(21)22)18-14(20)11-8-12(17)9-6-4-5-7-10(9)13(11)19/h4-8,19H,3H2,1-2H3,(H,18,20)(H,21,22). The number of phenols is 1. The van der Waals surface area contributed by atoms with E-state index in [1.54, 1.807) is 31.2 Å². The van der Waals surface area contributed by atoms with E-state index in [4.69, 9.17) is 11.6 Å². The fourth-order valence-electron chi connectivity index (χ4n) is 2.10. The van der Waals surface area contributed by atoms with Gasteiger partial charge in [0.05, 0.1) is 5.56 Å². The minimum absolute atomic E-state index is 0.0513. The molecule has 0 radical (unpaired) electrons. The molecule has 2 aromatic carbocycles. The molecule has 3 N–H and O–H groups in total. The predicted octanol–water partition coefficient (Wildman–Crippen LogP) is 3.18. The largest absolute Gasteiger partial charge is 0.506 e. The zero-order valence-electron chi connectivity index (χ0n) is 12.2. The molecule has 5 nitrogen and oxygen atoms in total. The maximum absolute atomic E-state index is 12.3. The van der Waals surface area contributed by atoms with Crippen molar-refractivity contribution in [2.75, 3.05) is 0 Å². The third-order valence-electron chi connectivity index (χ3n) is 3.78. The smallest absolute Gasteiger partial charge is 0.329 e. The fourth-order valence-corrected chi connectivity index (χ4v) is 2.37. The van der Waals surface area contributed by atoms with Crippen LogP contribution in [0.25, 0.3) is 10.8 Å². The zero-order valence-corrected chi connectivity index (χ0v) is 12.9. The molecule has 0 aliphatic carbocycles. The lowest BCUT2D eigenvalue weighted by Gasteiger charge is -2.25. The first kappa shape index (κ1) is 16.1. The van der Waals surface area contributed by atoms with Crippen molar-refractivity contribution >= 4 is 34.2 Å². The Kier molecular flexibility index (Phi) is 4.28. The number of fused-ring (bicyclic) bond motifs is 1. The van der Waals surface area contributed by atoms with Gasteiger partial charge >= 0.3 is 5.97 Å². The van der Waals surface area contributed by atoms with Crippen LogP contribution in [0.15, 0.2) is 30.3 Å². The number of hydrogen-bond donors (Lipinski definition) is 3. The van der Waals surface area contributed by atoms with Gasteiger partial charge in [0.25, 0.3) is 5.91 Å². The van der Waals surface area contributed by atoms with Gasteiger partial charge in [0.15, 0.2) is 0 Å². The van der Waals surface area contributed by atoms with Crippen molar-refractivity contribution in [2.24, 2.45) is 0 Å². The minimum atomic E-state index is -1.42. The molecule has 0 saturated carbocycles. The first-order chi connectivity index (χ1) is 10.3.